The SMILES string of the molecule is O=C(Cn1c(=O)cc(Nc2ccc3c(c2)CCC3)[nH]c1=O)N1CCN(CCN2CCC=CCC2)CC1. The Morgan fingerprint density at radius 3 is 2.28 bits per heavy atom. The molecule has 0 unspecified atom stereocenters. The van der Waals surface area contributed by atoms with E-state index in [1.165, 1.54) is 17.2 Å². The molecule has 0 atom stereocenters. The molecule has 1 aliphatic carbocycles. The van der Waals surface area contributed by atoms with E-state index in [0.29, 0.717) is 18.9 Å². The van der Waals surface area contributed by atoms with E-state index in [4.69, 9.17) is 0 Å². The number of hydrogen-bond donors (Lipinski definition) is 2. The van der Waals surface area contributed by atoms with Crippen LogP contribution < -0.4 is 16.6 Å². The molecule has 0 spiro atoms. The Hall–Kier alpha value is -3.17. The van der Waals surface area contributed by atoms with Crippen LogP contribution in [0.5, 0.6) is 0 Å². The lowest BCUT2D eigenvalue weighted by atomic mass is 10.1. The van der Waals surface area contributed by atoms with E-state index in [9.17, 15) is 14.4 Å². The second-order valence-corrected chi connectivity index (χ2v) is 9.99. The molecule has 1 saturated heterocycles. The largest absolute Gasteiger partial charge is 0.342 e. The van der Waals surface area contributed by atoms with Crippen molar-refractivity contribution in [3.05, 3.63) is 68.4 Å². The Morgan fingerprint density at radius 2 is 1.56 bits per heavy atom. The van der Waals surface area contributed by atoms with E-state index in [1.807, 2.05) is 6.07 Å². The first-order valence-corrected chi connectivity index (χ1v) is 13.2. The quantitative estimate of drug-likeness (QED) is 0.570. The van der Waals surface area contributed by atoms with Crippen molar-refractivity contribution < 1.29 is 4.79 Å². The summed E-state index contributed by atoms with van der Waals surface area (Å²) >= 11 is 0. The van der Waals surface area contributed by atoms with Crippen molar-refractivity contribution in [2.24, 2.45) is 0 Å². The molecule has 1 aromatic carbocycles. The minimum atomic E-state index is -0.579. The summed E-state index contributed by atoms with van der Waals surface area (Å²) in [6.45, 7) is 6.88. The van der Waals surface area contributed by atoms with Gasteiger partial charge in [-0.2, -0.15) is 0 Å². The number of aryl methyl sites for hydroxylation is 2. The molecule has 1 aromatic heterocycles. The van der Waals surface area contributed by atoms with Crippen molar-refractivity contribution in [2.45, 2.75) is 38.6 Å². The summed E-state index contributed by atoms with van der Waals surface area (Å²) in [4.78, 5) is 47.6. The summed E-state index contributed by atoms with van der Waals surface area (Å²) < 4.78 is 0.982. The molecule has 2 aliphatic heterocycles. The standard InChI is InChI=1S/C27H36N6O3/c34-25-19-24(28-23-9-8-21-6-5-7-22(21)18-23)29-27(36)33(25)20-26(35)32-16-14-31(15-17-32)13-12-30-10-3-1-2-4-11-30/h1-2,8-9,18-19,28H,3-7,10-17,20H2,(H,29,36). The number of nitrogens with one attached hydrogen (secondary N) is 2. The molecule has 5 rings (SSSR count). The molecule has 36 heavy (non-hydrogen) atoms. The number of benzene rings is 1. The van der Waals surface area contributed by atoms with Crippen LogP contribution in [0.1, 0.15) is 30.4 Å². The Labute approximate surface area is 211 Å². The van der Waals surface area contributed by atoms with Gasteiger partial charge in [0.05, 0.1) is 0 Å². The molecule has 3 heterocycles. The van der Waals surface area contributed by atoms with Crippen LogP contribution in [0.25, 0.3) is 0 Å². The number of rotatable bonds is 7. The van der Waals surface area contributed by atoms with Crippen LogP contribution >= 0.6 is 0 Å². The van der Waals surface area contributed by atoms with E-state index < -0.39 is 11.2 Å². The lowest BCUT2D eigenvalue weighted by molar-refractivity contribution is -0.133. The van der Waals surface area contributed by atoms with Crippen LogP contribution in [0, 0.1) is 0 Å². The van der Waals surface area contributed by atoms with Gasteiger partial charge in [-0.05, 0) is 55.4 Å². The highest BCUT2D eigenvalue weighted by atomic mass is 16.2. The van der Waals surface area contributed by atoms with Crippen LogP contribution in [0.4, 0.5) is 11.5 Å². The minimum absolute atomic E-state index is 0.194. The zero-order chi connectivity index (χ0) is 24.9. The number of fused-ring (bicyclic) bond motifs is 1. The smallest absolute Gasteiger partial charge is 0.330 e. The average Bonchev–Trinajstić information content (AvgIpc) is 3.18. The van der Waals surface area contributed by atoms with E-state index in [-0.39, 0.29) is 12.5 Å². The van der Waals surface area contributed by atoms with Gasteiger partial charge in [0.25, 0.3) is 5.56 Å². The third-order valence-corrected chi connectivity index (χ3v) is 7.54. The van der Waals surface area contributed by atoms with Gasteiger partial charge in [0, 0.05) is 64.1 Å². The van der Waals surface area contributed by atoms with Crippen molar-refractivity contribution in [1.82, 2.24) is 24.3 Å². The Kier molecular flexibility index (Phi) is 7.67. The first kappa shape index (κ1) is 24.5. The van der Waals surface area contributed by atoms with Crippen LogP contribution in [0.3, 0.4) is 0 Å². The number of hydrogen-bond acceptors (Lipinski definition) is 6. The van der Waals surface area contributed by atoms with Gasteiger partial charge in [0.1, 0.15) is 12.4 Å². The molecular formula is C27H36N6O3. The maximum Gasteiger partial charge on any atom is 0.330 e. The number of carbonyl (C=O) groups is 1. The highest BCUT2D eigenvalue weighted by Gasteiger charge is 2.22. The Balaban J connectivity index is 1.13. The fraction of sp³-hybridized carbons (Fsp3) is 0.519. The van der Waals surface area contributed by atoms with E-state index in [2.05, 4.69) is 44.4 Å². The average molecular weight is 493 g/mol. The second kappa shape index (κ2) is 11.3. The number of piperazine rings is 1. The number of aromatic amines is 1. The van der Waals surface area contributed by atoms with Gasteiger partial charge in [-0.3, -0.25) is 24.0 Å². The molecular weight excluding hydrogens is 456 g/mol. The molecule has 9 heteroatoms. The van der Waals surface area contributed by atoms with Gasteiger partial charge in [0.15, 0.2) is 0 Å². The second-order valence-electron chi connectivity index (χ2n) is 9.99. The lowest BCUT2D eigenvalue weighted by Crippen LogP contribution is -2.52. The Bertz CT molecular complexity index is 1180. The number of anilines is 2. The van der Waals surface area contributed by atoms with Crippen LogP contribution in [-0.4, -0.2) is 82.5 Å². The number of aromatic nitrogens is 2. The highest BCUT2D eigenvalue weighted by molar-refractivity contribution is 5.76. The third kappa shape index (κ3) is 5.96. The van der Waals surface area contributed by atoms with E-state index in [0.717, 1.165) is 81.6 Å². The van der Waals surface area contributed by atoms with Crippen molar-refractivity contribution in [3.8, 4) is 0 Å². The summed E-state index contributed by atoms with van der Waals surface area (Å²) in [5, 5.41) is 3.13. The monoisotopic (exact) mass is 492 g/mol. The summed E-state index contributed by atoms with van der Waals surface area (Å²) in [5.74, 6) is 0.139. The lowest BCUT2D eigenvalue weighted by Gasteiger charge is -2.35. The molecule has 9 nitrogen and oxygen atoms in total. The normalized spacial score (nSPS) is 18.7. The third-order valence-electron chi connectivity index (χ3n) is 7.54. The fourth-order valence-electron chi connectivity index (χ4n) is 5.37. The van der Waals surface area contributed by atoms with Crippen LogP contribution in [0.2, 0.25) is 0 Å². The predicted molar refractivity (Wildman–Crippen MR) is 141 cm³/mol. The van der Waals surface area contributed by atoms with E-state index in [1.54, 1.807) is 4.90 Å². The molecule has 192 valence electrons. The van der Waals surface area contributed by atoms with Crippen LogP contribution in [0.15, 0.2) is 46.0 Å². The van der Waals surface area contributed by atoms with Crippen molar-refractivity contribution in [2.75, 3.05) is 57.7 Å². The molecule has 2 aromatic rings. The number of nitrogens with zero attached hydrogens (tertiary/aromatic N) is 4. The van der Waals surface area contributed by atoms with Gasteiger partial charge in [-0.1, -0.05) is 18.2 Å². The van der Waals surface area contributed by atoms with Gasteiger partial charge in [-0.15, -0.1) is 0 Å². The first-order valence-electron chi connectivity index (χ1n) is 13.2. The number of H-pyrrole nitrogens is 1. The maximum absolute atomic E-state index is 12.9. The van der Waals surface area contributed by atoms with Gasteiger partial charge in [0.2, 0.25) is 5.91 Å². The highest BCUT2D eigenvalue weighted by Crippen LogP contribution is 2.25. The molecule has 1 amide bonds. The van der Waals surface area contributed by atoms with Gasteiger partial charge >= 0.3 is 5.69 Å². The van der Waals surface area contributed by atoms with Crippen molar-refractivity contribution >= 4 is 17.4 Å². The maximum atomic E-state index is 12.9. The first-order chi connectivity index (χ1) is 17.5. The molecule has 0 bridgehead atoms. The molecule has 0 saturated carbocycles. The zero-order valence-corrected chi connectivity index (χ0v) is 20.9. The van der Waals surface area contributed by atoms with E-state index >= 15 is 0 Å². The summed E-state index contributed by atoms with van der Waals surface area (Å²) in [6.07, 6.45) is 10.1. The van der Waals surface area contributed by atoms with Crippen molar-refractivity contribution in [1.29, 1.82) is 0 Å². The Morgan fingerprint density at radius 1 is 0.861 bits per heavy atom. The topological polar surface area (TPSA) is 93.7 Å². The van der Waals surface area contributed by atoms with Gasteiger partial charge < -0.3 is 15.1 Å². The summed E-state index contributed by atoms with van der Waals surface area (Å²) in [7, 11) is 0. The molecule has 3 aliphatic rings. The van der Waals surface area contributed by atoms with Crippen LogP contribution in [-0.2, 0) is 24.2 Å². The molecule has 1 fully saturated rings. The zero-order valence-electron chi connectivity index (χ0n) is 20.9. The number of carbonyl (C=O) groups excluding carboxylic acids is 1. The summed E-state index contributed by atoms with van der Waals surface area (Å²) in [6, 6.07) is 7.47. The van der Waals surface area contributed by atoms with Gasteiger partial charge in [-0.25, -0.2) is 4.79 Å². The summed E-state index contributed by atoms with van der Waals surface area (Å²) in [5.41, 5.74) is 2.44. The minimum Gasteiger partial charge on any atom is -0.342 e. The fourth-order valence-corrected chi connectivity index (χ4v) is 5.37. The molecule has 2 N–H and O–H groups in total. The predicted octanol–water partition coefficient (Wildman–Crippen LogP) is 1.57. The number of amides is 1. The molecule has 0 radical (unpaired) electrons. The van der Waals surface area contributed by atoms with Crippen molar-refractivity contribution in [3.63, 3.8) is 0 Å².